The minimum Gasteiger partial charge on any atom is -0.323 e. The van der Waals surface area contributed by atoms with Crippen LogP contribution in [0.5, 0.6) is 5.75 Å². The van der Waals surface area contributed by atoms with Crippen LogP contribution in [-0.4, -0.2) is 16.9 Å². The minimum absolute atomic E-state index is 0.264. The van der Waals surface area contributed by atoms with Crippen molar-refractivity contribution < 1.29 is 23.1 Å². The van der Waals surface area contributed by atoms with Gasteiger partial charge in [-0.15, -0.1) is 5.06 Å². The quantitative estimate of drug-likeness (QED) is 0.267. The Labute approximate surface area is 136 Å². The molecular formula is C16H11NO5S. The lowest BCUT2D eigenvalue weighted by Crippen LogP contribution is -2.28. The standard InChI is InChI=1S/C16H11NO5S/c18-15-11-14(12-7-3-1-4-8-12)16(19)17(15)21-23-22-20-13-9-5-2-6-10-13/h1-11H. The third-order valence-electron chi connectivity index (χ3n) is 2.97. The first-order valence-corrected chi connectivity index (χ1v) is 7.31. The van der Waals surface area contributed by atoms with E-state index in [1.165, 1.54) is 6.08 Å². The van der Waals surface area contributed by atoms with Crippen LogP contribution in [0.15, 0.2) is 66.7 Å². The molecule has 0 bridgehead atoms. The monoisotopic (exact) mass is 329 g/mol. The van der Waals surface area contributed by atoms with Crippen LogP contribution in [0.1, 0.15) is 5.56 Å². The Morgan fingerprint density at radius 3 is 2.22 bits per heavy atom. The van der Waals surface area contributed by atoms with E-state index in [-0.39, 0.29) is 5.57 Å². The molecule has 1 aliphatic rings. The summed E-state index contributed by atoms with van der Waals surface area (Å²) in [6, 6.07) is 17.6. The third kappa shape index (κ3) is 3.59. The van der Waals surface area contributed by atoms with Gasteiger partial charge in [-0.3, -0.25) is 9.59 Å². The van der Waals surface area contributed by atoms with Gasteiger partial charge in [-0.2, -0.15) is 4.28 Å². The van der Waals surface area contributed by atoms with E-state index in [4.69, 9.17) is 13.5 Å². The second-order valence-corrected chi connectivity index (χ2v) is 4.89. The Hall–Kier alpha value is -2.61. The average molecular weight is 329 g/mol. The van der Waals surface area contributed by atoms with Crippen molar-refractivity contribution >= 4 is 29.7 Å². The van der Waals surface area contributed by atoms with Crippen LogP contribution in [0.4, 0.5) is 0 Å². The molecule has 0 aliphatic carbocycles. The summed E-state index contributed by atoms with van der Waals surface area (Å²) in [5, 5.41) is 0.612. The van der Waals surface area contributed by atoms with E-state index >= 15 is 0 Å². The molecular weight excluding hydrogens is 318 g/mol. The van der Waals surface area contributed by atoms with E-state index in [1.807, 2.05) is 12.1 Å². The molecule has 0 unspecified atom stereocenters. The summed E-state index contributed by atoms with van der Waals surface area (Å²) in [6.07, 6.45) is 1.22. The van der Waals surface area contributed by atoms with E-state index < -0.39 is 11.8 Å². The van der Waals surface area contributed by atoms with E-state index in [0.29, 0.717) is 28.7 Å². The largest absolute Gasteiger partial charge is 0.323 e. The zero-order valence-corrected chi connectivity index (χ0v) is 12.6. The molecule has 0 fully saturated rings. The fourth-order valence-electron chi connectivity index (χ4n) is 1.92. The summed E-state index contributed by atoms with van der Waals surface area (Å²) in [6.45, 7) is 0. The number of carbonyl (C=O) groups excluding carboxylic acids is 2. The average Bonchev–Trinajstić information content (AvgIpc) is 2.88. The van der Waals surface area contributed by atoms with Crippen molar-refractivity contribution in [1.82, 2.24) is 5.06 Å². The fraction of sp³-hybridized carbons (Fsp3) is 0. The molecule has 0 atom stereocenters. The predicted molar refractivity (Wildman–Crippen MR) is 83.1 cm³/mol. The molecule has 0 radical (unpaired) electrons. The highest BCUT2D eigenvalue weighted by atomic mass is 32.2. The van der Waals surface area contributed by atoms with Crippen molar-refractivity contribution in [3.63, 3.8) is 0 Å². The molecule has 2 aromatic carbocycles. The summed E-state index contributed by atoms with van der Waals surface area (Å²) in [5.41, 5.74) is 0.906. The number of imide groups is 1. The van der Waals surface area contributed by atoms with Crippen LogP contribution in [0.25, 0.3) is 5.57 Å². The summed E-state index contributed by atoms with van der Waals surface area (Å²) in [7, 11) is 0. The van der Waals surface area contributed by atoms with Crippen molar-refractivity contribution in [3.05, 3.63) is 72.3 Å². The molecule has 1 heterocycles. The van der Waals surface area contributed by atoms with E-state index in [9.17, 15) is 9.59 Å². The highest BCUT2D eigenvalue weighted by molar-refractivity contribution is 7.89. The second kappa shape index (κ2) is 7.10. The first kappa shape index (κ1) is 15.3. The molecule has 0 aromatic heterocycles. The first-order valence-electron chi connectivity index (χ1n) is 6.64. The summed E-state index contributed by atoms with van der Waals surface area (Å²) < 4.78 is 9.70. The van der Waals surface area contributed by atoms with Gasteiger partial charge in [0.1, 0.15) is 0 Å². The molecule has 6 nitrogen and oxygen atoms in total. The summed E-state index contributed by atoms with van der Waals surface area (Å²) in [4.78, 5) is 28.9. The van der Waals surface area contributed by atoms with E-state index in [2.05, 4.69) is 0 Å². The zero-order valence-electron chi connectivity index (χ0n) is 11.7. The summed E-state index contributed by atoms with van der Waals surface area (Å²) >= 11 is 0.379. The number of nitrogens with zero attached hydrogens (tertiary/aromatic N) is 1. The fourth-order valence-corrected chi connectivity index (χ4v) is 2.25. The minimum atomic E-state index is -0.579. The molecule has 0 saturated heterocycles. The third-order valence-corrected chi connectivity index (χ3v) is 3.31. The number of rotatable bonds is 6. The van der Waals surface area contributed by atoms with E-state index in [0.717, 1.165) is 0 Å². The lowest BCUT2D eigenvalue weighted by molar-refractivity contribution is -0.164. The Balaban J connectivity index is 1.54. The lowest BCUT2D eigenvalue weighted by Gasteiger charge is -2.11. The highest BCUT2D eigenvalue weighted by Crippen LogP contribution is 2.26. The Kier molecular flexibility index (Phi) is 4.72. The normalized spacial score (nSPS) is 14.1. The number of amides is 2. The van der Waals surface area contributed by atoms with Gasteiger partial charge in [0, 0.05) is 6.08 Å². The first-order chi connectivity index (χ1) is 11.3. The molecule has 23 heavy (non-hydrogen) atoms. The van der Waals surface area contributed by atoms with Gasteiger partial charge >= 0.3 is 0 Å². The van der Waals surface area contributed by atoms with Gasteiger partial charge in [0.2, 0.25) is 12.3 Å². The van der Waals surface area contributed by atoms with Crippen LogP contribution >= 0.6 is 12.3 Å². The maximum atomic E-state index is 12.2. The van der Waals surface area contributed by atoms with Gasteiger partial charge < -0.3 is 4.89 Å². The number of hydroxylamine groups is 2. The van der Waals surface area contributed by atoms with Crippen LogP contribution in [0, 0.1) is 0 Å². The molecule has 7 heteroatoms. The molecule has 0 N–H and O–H groups in total. The predicted octanol–water partition coefficient (Wildman–Crippen LogP) is 2.94. The Bertz CT molecular complexity index is 733. The van der Waals surface area contributed by atoms with Gasteiger partial charge in [-0.25, -0.2) is 0 Å². The summed E-state index contributed by atoms with van der Waals surface area (Å²) in [5.74, 6) is -0.674. The molecule has 1 aliphatic heterocycles. The molecule has 116 valence electrons. The van der Waals surface area contributed by atoms with Crippen molar-refractivity contribution in [2.24, 2.45) is 0 Å². The number of para-hydroxylation sites is 1. The van der Waals surface area contributed by atoms with Gasteiger partial charge in [-0.05, 0) is 17.7 Å². The number of hydrogen-bond donors (Lipinski definition) is 0. The maximum Gasteiger partial charge on any atom is 0.286 e. The van der Waals surface area contributed by atoms with Gasteiger partial charge in [0.05, 0.1) is 5.57 Å². The number of benzene rings is 2. The Morgan fingerprint density at radius 1 is 0.870 bits per heavy atom. The number of hydrogen-bond acceptors (Lipinski definition) is 6. The van der Waals surface area contributed by atoms with Crippen LogP contribution in [0.2, 0.25) is 0 Å². The zero-order chi connectivity index (χ0) is 16.1. The van der Waals surface area contributed by atoms with Crippen molar-refractivity contribution in [3.8, 4) is 5.75 Å². The van der Waals surface area contributed by atoms with Gasteiger partial charge in [0.25, 0.3) is 11.8 Å². The molecule has 3 rings (SSSR count). The lowest BCUT2D eigenvalue weighted by atomic mass is 10.1. The SMILES string of the molecule is O=C1C=C(c2ccccc2)C(=O)N1OSOOc1ccccc1. The Morgan fingerprint density at radius 2 is 1.52 bits per heavy atom. The highest BCUT2D eigenvalue weighted by Gasteiger charge is 2.34. The molecule has 0 saturated carbocycles. The van der Waals surface area contributed by atoms with Crippen molar-refractivity contribution in [2.45, 2.75) is 0 Å². The number of carbonyl (C=O) groups is 2. The topological polar surface area (TPSA) is 65.1 Å². The molecule has 2 aromatic rings. The second-order valence-electron chi connectivity index (χ2n) is 4.47. The van der Waals surface area contributed by atoms with Crippen LogP contribution < -0.4 is 4.89 Å². The van der Waals surface area contributed by atoms with Crippen LogP contribution in [0.3, 0.4) is 0 Å². The van der Waals surface area contributed by atoms with Gasteiger partial charge in [-0.1, -0.05) is 52.9 Å². The van der Waals surface area contributed by atoms with E-state index in [1.54, 1.807) is 48.5 Å². The molecule has 2 amide bonds. The maximum absolute atomic E-state index is 12.2. The van der Waals surface area contributed by atoms with Gasteiger partial charge in [0.15, 0.2) is 5.75 Å². The van der Waals surface area contributed by atoms with Crippen molar-refractivity contribution in [1.29, 1.82) is 0 Å². The van der Waals surface area contributed by atoms with Crippen molar-refractivity contribution in [2.75, 3.05) is 0 Å². The van der Waals surface area contributed by atoms with Crippen LogP contribution in [-0.2, 0) is 18.2 Å². The molecule has 0 spiro atoms. The smallest absolute Gasteiger partial charge is 0.286 e.